The highest BCUT2D eigenvalue weighted by Gasteiger charge is 2.27. The average molecular weight is 284 g/mol. The first-order chi connectivity index (χ1) is 10.2. The summed E-state index contributed by atoms with van der Waals surface area (Å²) in [4.78, 5) is 13.5. The Bertz CT molecular complexity index is 572. The maximum atomic E-state index is 11.1. The van der Waals surface area contributed by atoms with E-state index in [0.29, 0.717) is 18.9 Å². The van der Waals surface area contributed by atoms with Gasteiger partial charge in [-0.05, 0) is 30.4 Å². The molecular formula is C17H20N2O2. The normalized spacial score (nSPS) is 21.6. The quantitative estimate of drug-likeness (QED) is 0.682. The highest BCUT2D eigenvalue weighted by atomic mass is 16.4. The number of rotatable bonds is 4. The Morgan fingerprint density at radius 1 is 1.43 bits per heavy atom. The van der Waals surface area contributed by atoms with Crippen molar-refractivity contribution in [1.29, 1.82) is 5.26 Å². The number of carboxylic acid groups (broad SMARTS) is 1. The van der Waals surface area contributed by atoms with E-state index in [1.165, 1.54) is 5.56 Å². The highest BCUT2D eigenvalue weighted by molar-refractivity contribution is 5.92. The molecule has 2 rings (SSSR count). The number of carbonyl (C=O) groups is 1. The van der Waals surface area contributed by atoms with E-state index in [1.807, 2.05) is 24.3 Å². The lowest BCUT2D eigenvalue weighted by molar-refractivity contribution is -0.132. The van der Waals surface area contributed by atoms with Gasteiger partial charge in [-0.1, -0.05) is 37.3 Å². The van der Waals surface area contributed by atoms with E-state index in [2.05, 4.69) is 24.0 Å². The molecule has 0 bridgehead atoms. The van der Waals surface area contributed by atoms with E-state index in [1.54, 1.807) is 0 Å². The molecule has 0 radical (unpaired) electrons. The summed E-state index contributed by atoms with van der Waals surface area (Å²) in [6.45, 7) is 3.79. The van der Waals surface area contributed by atoms with E-state index in [-0.39, 0.29) is 5.57 Å². The van der Waals surface area contributed by atoms with Crippen LogP contribution >= 0.6 is 0 Å². The lowest BCUT2D eigenvalue weighted by atomic mass is 9.91. The first-order valence-corrected chi connectivity index (χ1v) is 7.29. The summed E-state index contributed by atoms with van der Waals surface area (Å²) in [5.74, 6) is -1.10. The van der Waals surface area contributed by atoms with Crippen LogP contribution in [-0.2, 0) is 11.3 Å². The van der Waals surface area contributed by atoms with E-state index in [4.69, 9.17) is 10.4 Å². The first-order valence-electron chi connectivity index (χ1n) is 7.29. The van der Waals surface area contributed by atoms with Crippen LogP contribution in [0.1, 0.15) is 31.7 Å². The summed E-state index contributed by atoms with van der Waals surface area (Å²) in [6.07, 6.45) is 2.30. The van der Waals surface area contributed by atoms with Gasteiger partial charge in [0.05, 0.1) is 0 Å². The van der Waals surface area contributed by atoms with Crippen LogP contribution in [0.2, 0.25) is 0 Å². The number of piperidine rings is 1. The van der Waals surface area contributed by atoms with Gasteiger partial charge < -0.3 is 5.11 Å². The standard InChI is InChI=1S/C17H20N2O2/c1-2-15-10-14(16(11-18)17(20)21)8-9-19(15)12-13-6-4-3-5-7-13/h3-7,15H,2,8-10,12H2,1H3,(H,20,21). The van der Waals surface area contributed by atoms with Crippen molar-refractivity contribution in [1.82, 2.24) is 4.90 Å². The van der Waals surface area contributed by atoms with Gasteiger partial charge in [0.1, 0.15) is 11.6 Å². The number of benzene rings is 1. The molecule has 4 heteroatoms. The molecule has 21 heavy (non-hydrogen) atoms. The Labute approximate surface area is 125 Å². The molecule has 1 N–H and O–H groups in total. The summed E-state index contributed by atoms with van der Waals surface area (Å²) in [5.41, 5.74) is 2.00. The summed E-state index contributed by atoms with van der Waals surface area (Å²) < 4.78 is 0. The largest absolute Gasteiger partial charge is 0.477 e. The molecule has 1 aliphatic heterocycles. The molecule has 1 atom stereocenters. The number of hydrogen-bond donors (Lipinski definition) is 1. The van der Waals surface area contributed by atoms with Gasteiger partial charge in [0.15, 0.2) is 0 Å². The van der Waals surface area contributed by atoms with Crippen LogP contribution < -0.4 is 0 Å². The highest BCUT2D eigenvalue weighted by Crippen LogP contribution is 2.28. The molecule has 1 aromatic carbocycles. The Balaban J connectivity index is 2.13. The van der Waals surface area contributed by atoms with Crippen molar-refractivity contribution in [3.05, 3.63) is 47.0 Å². The molecule has 1 aromatic rings. The third kappa shape index (κ3) is 3.71. The maximum absolute atomic E-state index is 11.1. The van der Waals surface area contributed by atoms with Gasteiger partial charge in [-0.25, -0.2) is 4.79 Å². The van der Waals surface area contributed by atoms with Gasteiger partial charge in [-0.15, -0.1) is 0 Å². The third-order valence-electron chi connectivity index (χ3n) is 4.08. The van der Waals surface area contributed by atoms with Crippen molar-refractivity contribution < 1.29 is 9.90 Å². The van der Waals surface area contributed by atoms with Gasteiger partial charge in [0.2, 0.25) is 0 Å². The van der Waals surface area contributed by atoms with Gasteiger partial charge >= 0.3 is 5.97 Å². The van der Waals surface area contributed by atoms with Crippen molar-refractivity contribution in [3.8, 4) is 6.07 Å². The van der Waals surface area contributed by atoms with Crippen LogP contribution in [0.4, 0.5) is 0 Å². The number of likely N-dealkylation sites (tertiary alicyclic amines) is 1. The fourth-order valence-electron chi connectivity index (χ4n) is 2.91. The molecule has 0 saturated carbocycles. The average Bonchev–Trinajstić information content (AvgIpc) is 2.50. The minimum Gasteiger partial charge on any atom is -0.477 e. The molecule has 1 saturated heterocycles. The van der Waals surface area contributed by atoms with Crippen molar-refractivity contribution in [3.63, 3.8) is 0 Å². The summed E-state index contributed by atoms with van der Waals surface area (Å²) in [6, 6.07) is 12.4. The van der Waals surface area contributed by atoms with Crippen molar-refractivity contribution in [2.45, 2.75) is 38.8 Å². The van der Waals surface area contributed by atoms with E-state index >= 15 is 0 Å². The molecule has 0 aromatic heterocycles. The Hall–Kier alpha value is -2.12. The lowest BCUT2D eigenvalue weighted by Gasteiger charge is -2.36. The van der Waals surface area contributed by atoms with Gasteiger partial charge in [-0.3, -0.25) is 4.90 Å². The van der Waals surface area contributed by atoms with E-state index < -0.39 is 5.97 Å². The number of nitrogens with zero attached hydrogens (tertiary/aromatic N) is 2. The molecule has 110 valence electrons. The van der Waals surface area contributed by atoms with Gasteiger partial charge in [-0.2, -0.15) is 5.26 Å². The second-order valence-corrected chi connectivity index (χ2v) is 5.37. The topological polar surface area (TPSA) is 64.3 Å². The Kier molecular flexibility index (Phi) is 5.13. The van der Waals surface area contributed by atoms with E-state index in [0.717, 1.165) is 25.1 Å². The SMILES string of the molecule is CCC1CC(=C(C#N)C(=O)O)CCN1Cc1ccccc1. The minimum atomic E-state index is -1.10. The molecule has 0 spiro atoms. The predicted molar refractivity (Wildman–Crippen MR) is 80.4 cm³/mol. The molecule has 0 aliphatic carbocycles. The zero-order valence-corrected chi connectivity index (χ0v) is 12.2. The number of aliphatic carboxylic acids is 1. The van der Waals surface area contributed by atoms with Crippen molar-refractivity contribution >= 4 is 5.97 Å². The zero-order chi connectivity index (χ0) is 15.2. The van der Waals surface area contributed by atoms with Crippen LogP contribution in [0.15, 0.2) is 41.5 Å². The van der Waals surface area contributed by atoms with Crippen molar-refractivity contribution in [2.75, 3.05) is 6.54 Å². The van der Waals surface area contributed by atoms with Crippen LogP contribution in [0, 0.1) is 11.3 Å². The number of hydrogen-bond acceptors (Lipinski definition) is 3. The molecule has 0 amide bonds. The Morgan fingerprint density at radius 3 is 2.71 bits per heavy atom. The molecule has 1 fully saturated rings. The fourth-order valence-corrected chi connectivity index (χ4v) is 2.91. The van der Waals surface area contributed by atoms with Crippen LogP contribution in [0.3, 0.4) is 0 Å². The van der Waals surface area contributed by atoms with Gasteiger partial charge in [0, 0.05) is 19.1 Å². The minimum absolute atomic E-state index is 0.0622. The first kappa shape index (κ1) is 15.3. The molecule has 1 aliphatic rings. The smallest absolute Gasteiger partial charge is 0.346 e. The Morgan fingerprint density at radius 2 is 2.14 bits per heavy atom. The summed E-state index contributed by atoms with van der Waals surface area (Å²) in [7, 11) is 0. The third-order valence-corrected chi connectivity index (χ3v) is 4.08. The van der Waals surface area contributed by atoms with Gasteiger partial charge in [0.25, 0.3) is 0 Å². The maximum Gasteiger partial charge on any atom is 0.346 e. The molecule has 4 nitrogen and oxygen atoms in total. The lowest BCUT2D eigenvalue weighted by Crippen LogP contribution is -2.39. The number of carboxylic acids is 1. The predicted octanol–water partition coefficient (Wildman–Crippen LogP) is 2.97. The fraction of sp³-hybridized carbons (Fsp3) is 0.412. The summed E-state index contributed by atoms with van der Waals surface area (Å²) >= 11 is 0. The molecular weight excluding hydrogens is 264 g/mol. The van der Waals surface area contributed by atoms with Crippen LogP contribution in [0.25, 0.3) is 0 Å². The summed E-state index contributed by atoms with van der Waals surface area (Å²) in [5, 5.41) is 18.1. The van der Waals surface area contributed by atoms with Crippen LogP contribution in [0.5, 0.6) is 0 Å². The van der Waals surface area contributed by atoms with Crippen molar-refractivity contribution in [2.24, 2.45) is 0 Å². The molecule has 1 heterocycles. The molecule has 1 unspecified atom stereocenters. The zero-order valence-electron chi connectivity index (χ0n) is 12.2. The number of nitriles is 1. The van der Waals surface area contributed by atoms with Crippen LogP contribution in [-0.4, -0.2) is 28.6 Å². The second kappa shape index (κ2) is 7.05. The second-order valence-electron chi connectivity index (χ2n) is 5.37. The monoisotopic (exact) mass is 284 g/mol. The van der Waals surface area contributed by atoms with E-state index in [9.17, 15) is 4.79 Å².